The van der Waals surface area contributed by atoms with E-state index in [0.29, 0.717) is 19.4 Å². The van der Waals surface area contributed by atoms with Gasteiger partial charge in [0, 0.05) is 12.6 Å². The van der Waals surface area contributed by atoms with Gasteiger partial charge in [0.25, 0.3) is 0 Å². The summed E-state index contributed by atoms with van der Waals surface area (Å²) >= 11 is 0. The third-order valence-corrected chi connectivity index (χ3v) is 2.11. The lowest BCUT2D eigenvalue weighted by Gasteiger charge is -2.16. The summed E-state index contributed by atoms with van der Waals surface area (Å²) in [5.74, 6) is -0.207. The van der Waals surface area contributed by atoms with Gasteiger partial charge < -0.3 is 22.1 Å². The molecule has 17 heavy (non-hydrogen) atoms. The Morgan fingerprint density at radius 1 is 1.29 bits per heavy atom. The summed E-state index contributed by atoms with van der Waals surface area (Å²) in [6, 6.07) is -1.18. The maximum atomic E-state index is 11.6. The number of urea groups is 1. The zero-order valence-electron chi connectivity index (χ0n) is 10.4. The highest BCUT2D eigenvalue weighted by molar-refractivity contribution is 5.86. The highest BCUT2D eigenvalue weighted by Crippen LogP contribution is 1.97. The number of halogens is 1. The van der Waals surface area contributed by atoms with Crippen LogP contribution in [-0.2, 0) is 4.79 Å². The van der Waals surface area contributed by atoms with Gasteiger partial charge in [-0.3, -0.25) is 4.79 Å². The number of nitrogens with one attached hydrogen (secondary N) is 2. The third kappa shape index (κ3) is 9.89. The van der Waals surface area contributed by atoms with Crippen LogP contribution in [0.15, 0.2) is 0 Å². The zero-order valence-corrected chi connectivity index (χ0v) is 11.2. The van der Waals surface area contributed by atoms with E-state index in [1.165, 1.54) is 0 Å². The van der Waals surface area contributed by atoms with Crippen molar-refractivity contribution in [3.8, 4) is 0 Å². The standard InChI is InChI=1S/C10H22N4O2.ClH/c1-3-4-8(14-10(12)16)9(15)13-6-5-7(2)11;/h7-8H,3-6,11H2,1-2H3,(H,13,15)(H3,12,14,16);1H/t7?,8-;/m1./s1. The smallest absolute Gasteiger partial charge is 0.312 e. The molecule has 0 aliphatic heterocycles. The van der Waals surface area contributed by atoms with E-state index in [0.717, 1.165) is 6.42 Å². The van der Waals surface area contributed by atoms with E-state index in [4.69, 9.17) is 11.5 Å². The Hall–Kier alpha value is -1.01. The molecular weight excluding hydrogens is 244 g/mol. The number of nitrogens with two attached hydrogens (primary N) is 2. The predicted molar refractivity (Wildman–Crippen MR) is 69.9 cm³/mol. The number of amides is 3. The lowest BCUT2D eigenvalue weighted by atomic mass is 10.1. The van der Waals surface area contributed by atoms with Crippen LogP contribution >= 0.6 is 12.4 Å². The Balaban J connectivity index is 0. The van der Waals surface area contributed by atoms with Crippen molar-refractivity contribution in [2.45, 2.75) is 45.2 Å². The van der Waals surface area contributed by atoms with Gasteiger partial charge in [-0.2, -0.15) is 0 Å². The quantitative estimate of drug-likeness (QED) is 0.524. The van der Waals surface area contributed by atoms with Crippen LogP contribution in [0.3, 0.4) is 0 Å². The van der Waals surface area contributed by atoms with Crippen molar-refractivity contribution in [3.63, 3.8) is 0 Å². The molecule has 0 radical (unpaired) electrons. The maximum absolute atomic E-state index is 11.6. The molecule has 0 rings (SSSR count). The predicted octanol–water partition coefficient (Wildman–Crippen LogP) is 0.0987. The fourth-order valence-corrected chi connectivity index (χ4v) is 1.28. The van der Waals surface area contributed by atoms with E-state index < -0.39 is 12.1 Å². The number of hydrogen-bond acceptors (Lipinski definition) is 3. The first-order valence-electron chi connectivity index (χ1n) is 5.56. The van der Waals surface area contributed by atoms with Gasteiger partial charge in [0.1, 0.15) is 6.04 Å². The van der Waals surface area contributed by atoms with Crippen molar-refractivity contribution in [3.05, 3.63) is 0 Å². The Morgan fingerprint density at radius 2 is 1.88 bits per heavy atom. The summed E-state index contributed by atoms with van der Waals surface area (Å²) in [4.78, 5) is 22.3. The second kappa shape index (κ2) is 10.2. The normalized spacial score (nSPS) is 13.1. The van der Waals surface area contributed by atoms with Gasteiger partial charge in [-0.05, 0) is 19.8 Å². The molecule has 0 saturated heterocycles. The van der Waals surface area contributed by atoms with E-state index in [1.807, 2.05) is 13.8 Å². The molecule has 0 aromatic heterocycles. The molecule has 0 saturated carbocycles. The van der Waals surface area contributed by atoms with Crippen molar-refractivity contribution < 1.29 is 9.59 Å². The monoisotopic (exact) mass is 266 g/mol. The van der Waals surface area contributed by atoms with Crippen LogP contribution < -0.4 is 22.1 Å². The second-order valence-corrected chi connectivity index (χ2v) is 3.91. The van der Waals surface area contributed by atoms with Crippen LogP contribution in [0.1, 0.15) is 33.1 Å². The SMILES string of the molecule is CCC[C@@H](NC(N)=O)C(=O)NCCC(C)N.Cl. The summed E-state index contributed by atoms with van der Waals surface area (Å²) in [6.45, 7) is 4.32. The van der Waals surface area contributed by atoms with Gasteiger partial charge in [-0.15, -0.1) is 12.4 Å². The number of rotatable bonds is 7. The average Bonchev–Trinajstić information content (AvgIpc) is 2.15. The average molecular weight is 267 g/mol. The second-order valence-electron chi connectivity index (χ2n) is 3.91. The van der Waals surface area contributed by atoms with Gasteiger partial charge in [0.2, 0.25) is 5.91 Å². The lowest BCUT2D eigenvalue weighted by Crippen LogP contribution is -2.49. The number of hydrogen-bond donors (Lipinski definition) is 4. The molecule has 2 atom stereocenters. The molecule has 0 aromatic carbocycles. The van der Waals surface area contributed by atoms with Crippen molar-refractivity contribution >= 4 is 24.3 Å². The van der Waals surface area contributed by atoms with E-state index in [-0.39, 0.29) is 24.4 Å². The summed E-state index contributed by atoms with van der Waals surface area (Å²) in [6.07, 6.45) is 2.08. The molecule has 0 aliphatic carbocycles. The summed E-state index contributed by atoms with van der Waals surface area (Å²) < 4.78 is 0. The first kappa shape index (κ1) is 18.4. The summed E-state index contributed by atoms with van der Waals surface area (Å²) in [5.41, 5.74) is 10.5. The van der Waals surface area contributed by atoms with E-state index >= 15 is 0 Å². The zero-order chi connectivity index (χ0) is 12.6. The highest BCUT2D eigenvalue weighted by Gasteiger charge is 2.17. The van der Waals surface area contributed by atoms with Crippen LogP contribution in [0.25, 0.3) is 0 Å². The minimum Gasteiger partial charge on any atom is -0.354 e. The molecule has 6 nitrogen and oxygen atoms in total. The molecule has 6 N–H and O–H groups in total. The minimum absolute atomic E-state index is 0. The Kier molecular flexibility index (Phi) is 11.0. The molecule has 0 aliphatic rings. The molecular formula is C10H23ClN4O2. The fourth-order valence-electron chi connectivity index (χ4n) is 1.28. The van der Waals surface area contributed by atoms with Crippen molar-refractivity contribution in [2.24, 2.45) is 11.5 Å². The number of carbonyl (C=O) groups excluding carboxylic acids is 2. The molecule has 0 bridgehead atoms. The van der Waals surface area contributed by atoms with Crippen molar-refractivity contribution in [2.75, 3.05) is 6.54 Å². The van der Waals surface area contributed by atoms with Gasteiger partial charge in [-0.25, -0.2) is 4.79 Å². The topological polar surface area (TPSA) is 110 Å². The number of primary amides is 1. The maximum Gasteiger partial charge on any atom is 0.312 e. The molecule has 0 spiro atoms. The molecule has 0 heterocycles. The third-order valence-electron chi connectivity index (χ3n) is 2.11. The van der Waals surface area contributed by atoms with Gasteiger partial charge in [0.15, 0.2) is 0 Å². The van der Waals surface area contributed by atoms with Crippen molar-refractivity contribution in [1.29, 1.82) is 0 Å². The van der Waals surface area contributed by atoms with Crippen LogP contribution in [0.4, 0.5) is 4.79 Å². The van der Waals surface area contributed by atoms with Gasteiger partial charge in [-0.1, -0.05) is 13.3 Å². The molecule has 7 heteroatoms. The highest BCUT2D eigenvalue weighted by atomic mass is 35.5. The van der Waals surface area contributed by atoms with Crippen LogP contribution in [0, 0.1) is 0 Å². The van der Waals surface area contributed by atoms with E-state index in [2.05, 4.69) is 10.6 Å². The number of carbonyl (C=O) groups is 2. The minimum atomic E-state index is -0.680. The molecule has 1 unspecified atom stereocenters. The van der Waals surface area contributed by atoms with Gasteiger partial charge >= 0.3 is 6.03 Å². The summed E-state index contributed by atoms with van der Waals surface area (Å²) in [7, 11) is 0. The van der Waals surface area contributed by atoms with Crippen LogP contribution in [-0.4, -0.2) is 30.6 Å². The Labute approximate surface area is 108 Å². The van der Waals surface area contributed by atoms with Gasteiger partial charge in [0.05, 0.1) is 0 Å². The fraction of sp³-hybridized carbons (Fsp3) is 0.800. The van der Waals surface area contributed by atoms with Crippen LogP contribution in [0.5, 0.6) is 0 Å². The summed E-state index contributed by atoms with van der Waals surface area (Å²) in [5, 5.41) is 5.13. The molecule has 0 fully saturated rings. The molecule has 3 amide bonds. The molecule has 0 aromatic rings. The van der Waals surface area contributed by atoms with Crippen LogP contribution in [0.2, 0.25) is 0 Å². The largest absolute Gasteiger partial charge is 0.354 e. The Morgan fingerprint density at radius 3 is 2.29 bits per heavy atom. The first-order valence-corrected chi connectivity index (χ1v) is 5.56. The first-order chi connectivity index (χ1) is 7.47. The van der Waals surface area contributed by atoms with E-state index in [1.54, 1.807) is 0 Å². The van der Waals surface area contributed by atoms with Crippen molar-refractivity contribution in [1.82, 2.24) is 10.6 Å². The Bertz CT molecular complexity index is 236. The molecule has 102 valence electrons. The van der Waals surface area contributed by atoms with E-state index in [9.17, 15) is 9.59 Å². The lowest BCUT2D eigenvalue weighted by molar-refractivity contribution is -0.123.